The van der Waals surface area contributed by atoms with E-state index in [1.54, 1.807) is 0 Å². The van der Waals surface area contributed by atoms with E-state index in [4.69, 9.17) is 4.74 Å². The monoisotopic (exact) mass is 262 g/mol. The molecule has 0 spiro atoms. The number of anilines is 1. The van der Waals surface area contributed by atoms with Gasteiger partial charge in [-0.2, -0.15) is 0 Å². The zero-order valence-electron chi connectivity index (χ0n) is 12.4. The summed E-state index contributed by atoms with van der Waals surface area (Å²) < 4.78 is 5.84. The third kappa shape index (κ3) is 4.13. The lowest BCUT2D eigenvalue weighted by molar-refractivity contribution is 0.194. The van der Waals surface area contributed by atoms with E-state index in [1.807, 2.05) is 12.1 Å². The second-order valence-electron chi connectivity index (χ2n) is 5.67. The standard InChI is InChI=1S/C16H26N2O/c1-13(2)19-16-10-5-4-9-15(16)17-12-14-8-6-7-11-18(14)3/h4-5,9-10,13-14,17H,6-8,11-12H2,1-3H3. The van der Waals surface area contributed by atoms with Crippen molar-refractivity contribution in [3.05, 3.63) is 24.3 Å². The van der Waals surface area contributed by atoms with Crippen LogP contribution in [-0.2, 0) is 0 Å². The SMILES string of the molecule is CC(C)Oc1ccccc1NCC1CCCCN1C. The van der Waals surface area contributed by atoms with Crippen LogP contribution in [-0.4, -0.2) is 37.2 Å². The van der Waals surface area contributed by atoms with Gasteiger partial charge in [-0.3, -0.25) is 0 Å². The summed E-state index contributed by atoms with van der Waals surface area (Å²) in [5, 5.41) is 3.55. The van der Waals surface area contributed by atoms with Gasteiger partial charge in [-0.05, 0) is 52.4 Å². The number of ether oxygens (including phenoxy) is 1. The van der Waals surface area contributed by atoms with Gasteiger partial charge >= 0.3 is 0 Å². The van der Waals surface area contributed by atoms with Gasteiger partial charge in [-0.25, -0.2) is 0 Å². The van der Waals surface area contributed by atoms with Gasteiger partial charge in [0.15, 0.2) is 0 Å². The number of likely N-dealkylation sites (tertiary alicyclic amines) is 1. The molecule has 19 heavy (non-hydrogen) atoms. The van der Waals surface area contributed by atoms with E-state index >= 15 is 0 Å². The molecule has 2 rings (SSSR count). The van der Waals surface area contributed by atoms with Crippen molar-refractivity contribution in [1.82, 2.24) is 4.90 Å². The van der Waals surface area contributed by atoms with Gasteiger partial charge in [0.25, 0.3) is 0 Å². The fourth-order valence-corrected chi connectivity index (χ4v) is 2.60. The Morgan fingerprint density at radius 2 is 2.11 bits per heavy atom. The van der Waals surface area contributed by atoms with Crippen molar-refractivity contribution in [2.45, 2.75) is 45.3 Å². The molecule has 1 atom stereocenters. The first kappa shape index (κ1) is 14.2. The summed E-state index contributed by atoms with van der Waals surface area (Å²) in [6.45, 7) is 6.34. The van der Waals surface area contributed by atoms with Crippen LogP contribution >= 0.6 is 0 Å². The molecule has 1 aromatic carbocycles. The first-order valence-corrected chi connectivity index (χ1v) is 7.36. The topological polar surface area (TPSA) is 24.5 Å². The van der Waals surface area contributed by atoms with Crippen LogP contribution in [0.5, 0.6) is 5.75 Å². The van der Waals surface area contributed by atoms with Crippen LogP contribution in [0.1, 0.15) is 33.1 Å². The molecule has 1 aliphatic heterocycles. The molecule has 0 amide bonds. The van der Waals surface area contributed by atoms with E-state index in [1.165, 1.54) is 25.8 Å². The lowest BCUT2D eigenvalue weighted by atomic mass is 10.0. The molecule has 3 heteroatoms. The van der Waals surface area contributed by atoms with Crippen molar-refractivity contribution < 1.29 is 4.74 Å². The number of rotatable bonds is 5. The third-order valence-corrected chi connectivity index (χ3v) is 3.70. The van der Waals surface area contributed by atoms with E-state index in [2.05, 4.69) is 43.2 Å². The largest absolute Gasteiger partial charge is 0.489 e. The fourth-order valence-electron chi connectivity index (χ4n) is 2.60. The van der Waals surface area contributed by atoms with Gasteiger partial charge < -0.3 is 15.0 Å². The number of nitrogens with one attached hydrogen (secondary N) is 1. The summed E-state index contributed by atoms with van der Waals surface area (Å²) in [5.41, 5.74) is 1.11. The number of para-hydroxylation sites is 2. The van der Waals surface area contributed by atoms with Crippen LogP contribution in [0.25, 0.3) is 0 Å². The number of hydrogen-bond donors (Lipinski definition) is 1. The fraction of sp³-hybridized carbons (Fsp3) is 0.625. The van der Waals surface area contributed by atoms with E-state index in [9.17, 15) is 0 Å². The molecule has 1 unspecified atom stereocenters. The minimum absolute atomic E-state index is 0.209. The molecule has 1 fully saturated rings. The first-order chi connectivity index (χ1) is 9.16. The molecule has 1 N–H and O–H groups in total. The van der Waals surface area contributed by atoms with Crippen LogP contribution in [0.15, 0.2) is 24.3 Å². The summed E-state index contributed by atoms with van der Waals surface area (Å²) in [6, 6.07) is 8.85. The van der Waals surface area contributed by atoms with Gasteiger partial charge in [0.05, 0.1) is 11.8 Å². The van der Waals surface area contributed by atoms with Crippen LogP contribution in [0.4, 0.5) is 5.69 Å². The predicted molar refractivity (Wildman–Crippen MR) is 81.0 cm³/mol. The third-order valence-electron chi connectivity index (χ3n) is 3.70. The van der Waals surface area contributed by atoms with Gasteiger partial charge in [0, 0.05) is 12.6 Å². The van der Waals surface area contributed by atoms with Crippen LogP contribution in [0.3, 0.4) is 0 Å². The Labute approximate surface area is 116 Å². The maximum absolute atomic E-state index is 5.84. The zero-order chi connectivity index (χ0) is 13.7. The quantitative estimate of drug-likeness (QED) is 0.880. The molecule has 0 bridgehead atoms. The Bertz CT molecular complexity index is 392. The van der Waals surface area contributed by atoms with Gasteiger partial charge in [0.1, 0.15) is 5.75 Å². The summed E-state index contributed by atoms with van der Waals surface area (Å²) in [4.78, 5) is 2.46. The summed E-state index contributed by atoms with van der Waals surface area (Å²) in [7, 11) is 2.22. The lowest BCUT2D eigenvalue weighted by Gasteiger charge is -2.33. The van der Waals surface area contributed by atoms with E-state index in [-0.39, 0.29) is 6.10 Å². The number of nitrogens with zero attached hydrogens (tertiary/aromatic N) is 1. The van der Waals surface area contributed by atoms with Crippen LogP contribution < -0.4 is 10.1 Å². The second-order valence-corrected chi connectivity index (χ2v) is 5.67. The molecule has 3 nitrogen and oxygen atoms in total. The lowest BCUT2D eigenvalue weighted by Crippen LogP contribution is -2.40. The van der Waals surface area contributed by atoms with Crippen molar-refractivity contribution in [3.8, 4) is 5.75 Å². The van der Waals surface area contributed by atoms with Gasteiger partial charge in [0.2, 0.25) is 0 Å². The minimum Gasteiger partial charge on any atom is -0.489 e. The Balaban J connectivity index is 1.94. The van der Waals surface area contributed by atoms with Crippen molar-refractivity contribution >= 4 is 5.69 Å². The van der Waals surface area contributed by atoms with E-state index < -0.39 is 0 Å². The smallest absolute Gasteiger partial charge is 0.142 e. The van der Waals surface area contributed by atoms with Crippen molar-refractivity contribution in [3.63, 3.8) is 0 Å². The predicted octanol–water partition coefficient (Wildman–Crippen LogP) is 3.37. The van der Waals surface area contributed by atoms with Crippen LogP contribution in [0.2, 0.25) is 0 Å². The highest BCUT2D eigenvalue weighted by Crippen LogP contribution is 2.25. The molecule has 1 heterocycles. The highest BCUT2D eigenvalue weighted by Gasteiger charge is 2.18. The summed E-state index contributed by atoms with van der Waals surface area (Å²) in [5.74, 6) is 0.955. The number of likely N-dealkylation sites (N-methyl/N-ethyl adjacent to an activating group) is 1. The Morgan fingerprint density at radius 3 is 2.84 bits per heavy atom. The molecule has 1 aromatic rings. The van der Waals surface area contributed by atoms with Gasteiger partial charge in [-0.1, -0.05) is 18.6 Å². The van der Waals surface area contributed by atoms with Crippen molar-refractivity contribution in [1.29, 1.82) is 0 Å². The highest BCUT2D eigenvalue weighted by atomic mass is 16.5. The molecule has 1 aliphatic rings. The Kier molecular flexibility index (Phi) is 5.08. The number of benzene rings is 1. The van der Waals surface area contributed by atoms with Crippen molar-refractivity contribution in [2.24, 2.45) is 0 Å². The van der Waals surface area contributed by atoms with Gasteiger partial charge in [-0.15, -0.1) is 0 Å². The maximum Gasteiger partial charge on any atom is 0.142 e. The van der Waals surface area contributed by atoms with Crippen molar-refractivity contribution in [2.75, 3.05) is 25.5 Å². The van der Waals surface area contributed by atoms with E-state index in [0.29, 0.717) is 6.04 Å². The average molecular weight is 262 g/mol. The molecule has 0 aromatic heterocycles. The number of piperidine rings is 1. The summed E-state index contributed by atoms with van der Waals surface area (Å²) in [6.07, 6.45) is 4.18. The molecular weight excluding hydrogens is 236 g/mol. The maximum atomic E-state index is 5.84. The molecule has 1 saturated heterocycles. The molecule has 0 aliphatic carbocycles. The normalized spacial score (nSPS) is 20.5. The molecule has 106 valence electrons. The highest BCUT2D eigenvalue weighted by molar-refractivity contribution is 5.56. The Hall–Kier alpha value is -1.22. The summed E-state index contributed by atoms with van der Waals surface area (Å²) >= 11 is 0. The van der Waals surface area contributed by atoms with Crippen LogP contribution in [0, 0.1) is 0 Å². The minimum atomic E-state index is 0.209. The second kappa shape index (κ2) is 6.80. The average Bonchev–Trinajstić information content (AvgIpc) is 2.39. The molecular formula is C16H26N2O. The Morgan fingerprint density at radius 1 is 1.32 bits per heavy atom. The zero-order valence-corrected chi connectivity index (χ0v) is 12.4. The van der Waals surface area contributed by atoms with E-state index in [0.717, 1.165) is 18.0 Å². The molecule has 0 radical (unpaired) electrons. The molecule has 0 saturated carbocycles. The number of hydrogen-bond acceptors (Lipinski definition) is 3. The first-order valence-electron chi connectivity index (χ1n) is 7.36.